The van der Waals surface area contributed by atoms with E-state index in [0.717, 1.165) is 5.56 Å². The summed E-state index contributed by atoms with van der Waals surface area (Å²) in [4.78, 5) is 25.3. The van der Waals surface area contributed by atoms with E-state index in [-0.39, 0.29) is 12.2 Å². The number of nitrogens with zero attached hydrogens (tertiary/aromatic N) is 1. The van der Waals surface area contributed by atoms with Crippen LogP contribution in [-0.2, 0) is 13.0 Å². The Morgan fingerprint density at radius 3 is 2.57 bits per heavy atom. The Labute approximate surface area is 134 Å². The number of aliphatic hydroxyl groups is 2. The minimum Gasteiger partial charge on any atom is -0.393 e. The van der Waals surface area contributed by atoms with Crippen LogP contribution in [-0.4, -0.2) is 32.0 Å². The number of H-pyrrole nitrogens is 1. The lowest BCUT2D eigenvalue weighted by Gasteiger charge is -2.26. The molecule has 0 aliphatic carbocycles. The van der Waals surface area contributed by atoms with Gasteiger partial charge in [0.25, 0.3) is 5.56 Å². The summed E-state index contributed by atoms with van der Waals surface area (Å²) in [6.45, 7) is 1.66. The Kier molecular flexibility index (Phi) is 5.52. The molecule has 1 heterocycles. The van der Waals surface area contributed by atoms with E-state index in [4.69, 9.17) is 0 Å². The molecule has 124 valence electrons. The van der Waals surface area contributed by atoms with Crippen LogP contribution in [0.3, 0.4) is 0 Å². The quantitative estimate of drug-likeness (QED) is 0.696. The fourth-order valence-corrected chi connectivity index (χ4v) is 2.56. The maximum Gasteiger partial charge on any atom is 0.328 e. The summed E-state index contributed by atoms with van der Waals surface area (Å²) >= 11 is 0. The number of aliphatic hydroxyl groups excluding tert-OH is 1. The van der Waals surface area contributed by atoms with E-state index in [1.54, 1.807) is 6.92 Å². The van der Waals surface area contributed by atoms with Crippen molar-refractivity contribution in [1.29, 1.82) is 0 Å². The van der Waals surface area contributed by atoms with Gasteiger partial charge in [-0.15, -0.1) is 0 Å². The van der Waals surface area contributed by atoms with Crippen molar-refractivity contribution in [2.75, 3.05) is 6.61 Å². The van der Waals surface area contributed by atoms with Gasteiger partial charge in [-0.25, -0.2) is 4.79 Å². The van der Waals surface area contributed by atoms with Gasteiger partial charge < -0.3 is 14.8 Å². The maximum absolute atomic E-state index is 11.7. The van der Waals surface area contributed by atoms with Crippen molar-refractivity contribution in [3.8, 4) is 0 Å². The first-order valence-electron chi connectivity index (χ1n) is 7.61. The summed E-state index contributed by atoms with van der Waals surface area (Å²) in [6.07, 6.45) is 2.72. The lowest BCUT2D eigenvalue weighted by Crippen LogP contribution is -2.37. The third-order valence-corrected chi connectivity index (χ3v) is 3.90. The molecule has 0 saturated carbocycles. The molecule has 0 bridgehead atoms. The van der Waals surface area contributed by atoms with Crippen molar-refractivity contribution in [2.24, 2.45) is 0 Å². The molecular weight excluding hydrogens is 296 g/mol. The molecular formula is C17H22N2O4. The second-order valence-corrected chi connectivity index (χ2v) is 5.91. The molecule has 2 aromatic rings. The van der Waals surface area contributed by atoms with E-state index in [9.17, 15) is 19.8 Å². The molecule has 0 aliphatic rings. The molecule has 0 radical (unpaired) electrons. The molecule has 3 N–H and O–H groups in total. The molecule has 0 spiro atoms. The van der Waals surface area contributed by atoms with Crippen molar-refractivity contribution >= 4 is 0 Å². The van der Waals surface area contributed by atoms with Gasteiger partial charge in [-0.3, -0.25) is 9.78 Å². The molecule has 0 saturated heterocycles. The van der Waals surface area contributed by atoms with Gasteiger partial charge in [0.15, 0.2) is 0 Å². The number of aromatic nitrogens is 2. The van der Waals surface area contributed by atoms with Crippen LogP contribution in [0.2, 0.25) is 0 Å². The van der Waals surface area contributed by atoms with E-state index in [1.807, 2.05) is 30.3 Å². The molecule has 2 rings (SSSR count). The topological polar surface area (TPSA) is 95.3 Å². The predicted octanol–water partition coefficient (Wildman–Crippen LogP) is 0.591. The SMILES string of the molecule is Cc1cn(CCC[C@](O)(CO)Cc2ccccc2)c(=O)[nH]c1=O. The summed E-state index contributed by atoms with van der Waals surface area (Å²) in [7, 11) is 0. The Bertz CT molecular complexity index is 751. The van der Waals surface area contributed by atoms with Gasteiger partial charge in [0.05, 0.1) is 12.2 Å². The van der Waals surface area contributed by atoms with Crippen LogP contribution in [0.4, 0.5) is 0 Å². The highest BCUT2D eigenvalue weighted by atomic mass is 16.3. The maximum atomic E-state index is 11.7. The normalized spacial score (nSPS) is 13.7. The van der Waals surface area contributed by atoms with E-state index in [2.05, 4.69) is 4.98 Å². The smallest absolute Gasteiger partial charge is 0.328 e. The molecule has 23 heavy (non-hydrogen) atoms. The van der Waals surface area contributed by atoms with Crippen LogP contribution in [0.25, 0.3) is 0 Å². The second-order valence-electron chi connectivity index (χ2n) is 5.91. The zero-order valence-electron chi connectivity index (χ0n) is 13.2. The van der Waals surface area contributed by atoms with Gasteiger partial charge >= 0.3 is 5.69 Å². The number of benzene rings is 1. The highest BCUT2D eigenvalue weighted by Gasteiger charge is 2.25. The standard InChI is InChI=1S/C17H22N2O4/c1-13-11-19(16(22)18-15(13)21)9-5-8-17(23,12-20)10-14-6-3-2-4-7-14/h2-4,6-7,11,20,23H,5,8-10,12H2,1H3,(H,18,21,22)/t17-/m1/s1. The van der Waals surface area contributed by atoms with Gasteiger partial charge in [-0.05, 0) is 25.3 Å². The first-order valence-corrected chi connectivity index (χ1v) is 7.61. The average Bonchev–Trinajstić information content (AvgIpc) is 2.53. The zero-order chi connectivity index (χ0) is 16.9. The zero-order valence-corrected chi connectivity index (χ0v) is 13.2. The minimum atomic E-state index is -1.22. The van der Waals surface area contributed by atoms with E-state index in [1.165, 1.54) is 10.8 Å². The third kappa shape index (κ3) is 4.64. The van der Waals surface area contributed by atoms with Crippen molar-refractivity contribution < 1.29 is 10.2 Å². The molecule has 1 atom stereocenters. The molecule has 1 aromatic carbocycles. The Balaban J connectivity index is 1.99. The Hall–Kier alpha value is -2.18. The summed E-state index contributed by atoms with van der Waals surface area (Å²) < 4.78 is 1.41. The fraction of sp³-hybridized carbons (Fsp3) is 0.412. The third-order valence-electron chi connectivity index (χ3n) is 3.90. The van der Waals surface area contributed by atoms with Crippen LogP contribution >= 0.6 is 0 Å². The monoisotopic (exact) mass is 318 g/mol. The summed E-state index contributed by atoms with van der Waals surface area (Å²) in [5.41, 5.74) is -0.659. The second kappa shape index (κ2) is 7.39. The number of hydrogen-bond donors (Lipinski definition) is 3. The largest absolute Gasteiger partial charge is 0.393 e. The average molecular weight is 318 g/mol. The van der Waals surface area contributed by atoms with Crippen molar-refractivity contribution in [1.82, 2.24) is 9.55 Å². The number of aromatic amines is 1. The summed E-state index contributed by atoms with van der Waals surface area (Å²) in [5.74, 6) is 0. The first kappa shape index (κ1) is 17.2. The Morgan fingerprint density at radius 1 is 1.22 bits per heavy atom. The summed E-state index contributed by atoms with van der Waals surface area (Å²) in [5, 5.41) is 20.0. The number of hydrogen-bond acceptors (Lipinski definition) is 4. The minimum absolute atomic E-state index is 0.346. The fourth-order valence-electron chi connectivity index (χ4n) is 2.56. The lowest BCUT2D eigenvalue weighted by atomic mass is 9.90. The van der Waals surface area contributed by atoms with Crippen LogP contribution in [0.5, 0.6) is 0 Å². The molecule has 0 amide bonds. The highest BCUT2D eigenvalue weighted by Crippen LogP contribution is 2.19. The predicted molar refractivity (Wildman–Crippen MR) is 87.5 cm³/mol. The lowest BCUT2D eigenvalue weighted by molar-refractivity contribution is -0.0230. The van der Waals surface area contributed by atoms with Gasteiger partial charge in [0.2, 0.25) is 0 Å². The van der Waals surface area contributed by atoms with E-state index < -0.39 is 11.3 Å². The summed E-state index contributed by atoms with van der Waals surface area (Å²) in [6, 6.07) is 9.46. The molecule has 6 heteroatoms. The van der Waals surface area contributed by atoms with Crippen molar-refractivity contribution in [3.05, 3.63) is 68.5 Å². The Morgan fingerprint density at radius 2 is 1.91 bits per heavy atom. The van der Waals surface area contributed by atoms with Gasteiger partial charge in [-0.2, -0.15) is 0 Å². The van der Waals surface area contributed by atoms with Crippen LogP contribution < -0.4 is 11.2 Å². The first-order chi connectivity index (χ1) is 10.9. The van der Waals surface area contributed by atoms with Crippen LogP contribution in [0, 0.1) is 6.92 Å². The van der Waals surface area contributed by atoms with Crippen molar-refractivity contribution in [3.63, 3.8) is 0 Å². The van der Waals surface area contributed by atoms with Gasteiger partial charge in [0.1, 0.15) is 0 Å². The van der Waals surface area contributed by atoms with E-state index in [0.29, 0.717) is 31.4 Å². The van der Waals surface area contributed by atoms with Crippen LogP contribution in [0.1, 0.15) is 24.0 Å². The number of aryl methyl sites for hydroxylation is 2. The molecule has 0 unspecified atom stereocenters. The van der Waals surface area contributed by atoms with E-state index >= 15 is 0 Å². The molecule has 0 fully saturated rings. The highest BCUT2D eigenvalue weighted by molar-refractivity contribution is 5.17. The van der Waals surface area contributed by atoms with Crippen molar-refractivity contribution in [2.45, 2.75) is 38.3 Å². The van der Waals surface area contributed by atoms with Gasteiger partial charge in [0, 0.05) is 24.7 Å². The molecule has 6 nitrogen and oxygen atoms in total. The van der Waals surface area contributed by atoms with Gasteiger partial charge in [-0.1, -0.05) is 30.3 Å². The molecule has 0 aliphatic heterocycles. The van der Waals surface area contributed by atoms with Crippen LogP contribution in [0.15, 0.2) is 46.1 Å². The number of nitrogens with one attached hydrogen (secondary N) is 1. The molecule has 1 aromatic heterocycles. The number of rotatable bonds is 7.